The van der Waals surface area contributed by atoms with Crippen molar-refractivity contribution in [3.63, 3.8) is 0 Å². The highest BCUT2D eigenvalue weighted by Gasteiger charge is 2.39. The van der Waals surface area contributed by atoms with Crippen LogP contribution >= 0.6 is 0 Å². The number of ether oxygens (including phenoxy) is 1. The topological polar surface area (TPSA) is 49.8 Å². The maximum absolute atomic E-state index is 10.2. The maximum Gasteiger partial charge on any atom is 0.151 e. The van der Waals surface area contributed by atoms with Crippen LogP contribution in [0.4, 0.5) is 0 Å². The van der Waals surface area contributed by atoms with Crippen molar-refractivity contribution in [1.29, 1.82) is 0 Å². The molecule has 0 saturated carbocycles. The number of epoxide rings is 1. The van der Waals surface area contributed by atoms with Gasteiger partial charge in [0.05, 0.1) is 0 Å². The average Bonchev–Trinajstić information content (AvgIpc) is 2.85. The molecule has 1 aromatic carbocycles. The third kappa shape index (κ3) is 1.19. The number of phenols is 1. The summed E-state index contributed by atoms with van der Waals surface area (Å²) >= 11 is 0. The van der Waals surface area contributed by atoms with Gasteiger partial charge in [-0.25, -0.2) is 0 Å². The minimum atomic E-state index is -0.283. The van der Waals surface area contributed by atoms with Crippen molar-refractivity contribution in [2.75, 3.05) is 0 Å². The molecule has 1 aromatic rings. The van der Waals surface area contributed by atoms with E-state index in [4.69, 9.17) is 9.84 Å². The van der Waals surface area contributed by atoms with E-state index in [1.165, 1.54) is 0 Å². The Hall–Kier alpha value is -1.35. The molecule has 0 bridgehead atoms. The van der Waals surface area contributed by atoms with Gasteiger partial charge in [-0.15, -0.1) is 0 Å². The zero-order valence-corrected chi connectivity index (χ0v) is 6.31. The number of carbonyl (C=O) groups excluding carboxylic acids is 1. The van der Waals surface area contributed by atoms with Crippen LogP contribution < -0.4 is 0 Å². The third-order valence-electron chi connectivity index (χ3n) is 1.88. The lowest BCUT2D eigenvalue weighted by Gasteiger charge is -1.94. The Labute approximate surface area is 69.6 Å². The normalized spacial score (nSPS) is 26.7. The van der Waals surface area contributed by atoms with Gasteiger partial charge in [0.1, 0.15) is 18.0 Å². The maximum atomic E-state index is 10.2. The van der Waals surface area contributed by atoms with Gasteiger partial charge in [-0.2, -0.15) is 0 Å². The Morgan fingerprint density at radius 2 is 2.00 bits per heavy atom. The highest BCUT2D eigenvalue weighted by Crippen LogP contribution is 2.37. The van der Waals surface area contributed by atoms with Gasteiger partial charge < -0.3 is 14.6 Å². The van der Waals surface area contributed by atoms with Gasteiger partial charge in [0.2, 0.25) is 0 Å². The second kappa shape index (κ2) is 2.60. The van der Waals surface area contributed by atoms with Crippen molar-refractivity contribution in [2.45, 2.75) is 12.2 Å². The smallest absolute Gasteiger partial charge is 0.151 e. The van der Waals surface area contributed by atoms with Crippen molar-refractivity contribution < 1.29 is 14.6 Å². The molecule has 3 nitrogen and oxygen atoms in total. The molecule has 0 spiro atoms. The Balaban J connectivity index is 2.15. The van der Waals surface area contributed by atoms with Crippen LogP contribution in [0.15, 0.2) is 24.3 Å². The molecule has 2 unspecified atom stereocenters. The average molecular weight is 164 g/mol. The second-order valence-corrected chi connectivity index (χ2v) is 2.75. The fraction of sp³-hybridized carbons (Fsp3) is 0.222. The lowest BCUT2D eigenvalue weighted by Crippen LogP contribution is -1.88. The van der Waals surface area contributed by atoms with Gasteiger partial charge in [0, 0.05) is 0 Å². The summed E-state index contributed by atoms with van der Waals surface area (Å²) in [6.07, 6.45) is 0.412. The minimum Gasteiger partial charge on any atom is -0.508 e. The summed E-state index contributed by atoms with van der Waals surface area (Å²) in [7, 11) is 0. The molecule has 2 atom stereocenters. The van der Waals surface area contributed by atoms with Crippen molar-refractivity contribution >= 4 is 6.29 Å². The van der Waals surface area contributed by atoms with Crippen LogP contribution in [-0.4, -0.2) is 17.5 Å². The van der Waals surface area contributed by atoms with E-state index in [2.05, 4.69) is 0 Å². The Kier molecular flexibility index (Phi) is 1.59. The van der Waals surface area contributed by atoms with Gasteiger partial charge in [0.25, 0.3) is 0 Å². The number of aromatic hydroxyl groups is 1. The lowest BCUT2D eigenvalue weighted by molar-refractivity contribution is -0.108. The first-order valence-corrected chi connectivity index (χ1v) is 3.71. The number of hydrogen-bond acceptors (Lipinski definition) is 3. The summed E-state index contributed by atoms with van der Waals surface area (Å²) in [6.45, 7) is 0. The van der Waals surface area contributed by atoms with E-state index in [1.54, 1.807) is 24.3 Å². The quantitative estimate of drug-likeness (QED) is 0.524. The molecule has 1 aliphatic rings. The summed E-state index contributed by atoms with van der Waals surface area (Å²) in [6, 6.07) is 6.67. The first-order chi connectivity index (χ1) is 5.81. The van der Waals surface area contributed by atoms with Crippen molar-refractivity contribution in [2.24, 2.45) is 0 Å². The van der Waals surface area contributed by atoms with E-state index in [-0.39, 0.29) is 18.0 Å². The molecule has 1 aliphatic heterocycles. The molecular formula is C9H8O3. The van der Waals surface area contributed by atoms with E-state index in [0.717, 1.165) is 11.8 Å². The molecule has 1 N–H and O–H groups in total. The molecule has 0 radical (unpaired) electrons. The van der Waals surface area contributed by atoms with E-state index >= 15 is 0 Å². The highest BCUT2D eigenvalue weighted by atomic mass is 16.6. The van der Waals surface area contributed by atoms with Gasteiger partial charge in [-0.05, 0) is 17.7 Å². The zero-order chi connectivity index (χ0) is 8.55. The fourth-order valence-corrected chi connectivity index (χ4v) is 1.16. The molecule has 2 rings (SSSR count). The molecule has 0 aliphatic carbocycles. The molecule has 0 aromatic heterocycles. The van der Waals surface area contributed by atoms with E-state index in [9.17, 15) is 4.79 Å². The van der Waals surface area contributed by atoms with Crippen LogP contribution in [0.3, 0.4) is 0 Å². The van der Waals surface area contributed by atoms with E-state index in [0.29, 0.717) is 0 Å². The Bertz CT molecular complexity index is 291. The van der Waals surface area contributed by atoms with Crippen LogP contribution in [-0.2, 0) is 9.53 Å². The van der Waals surface area contributed by atoms with E-state index in [1.807, 2.05) is 0 Å². The lowest BCUT2D eigenvalue weighted by atomic mass is 10.1. The first-order valence-electron chi connectivity index (χ1n) is 3.71. The van der Waals surface area contributed by atoms with Crippen LogP contribution in [0.2, 0.25) is 0 Å². The third-order valence-corrected chi connectivity index (χ3v) is 1.88. The molecular weight excluding hydrogens is 156 g/mol. The Morgan fingerprint density at radius 3 is 2.50 bits per heavy atom. The molecule has 3 heteroatoms. The summed E-state index contributed by atoms with van der Waals surface area (Å²) in [5.74, 6) is 0.224. The number of phenolic OH excluding ortho intramolecular Hbond substituents is 1. The second-order valence-electron chi connectivity index (χ2n) is 2.75. The van der Waals surface area contributed by atoms with Crippen molar-refractivity contribution in [3.05, 3.63) is 29.8 Å². The SMILES string of the molecule is O=CC1OC1c1ccc(O)cc1. The highest BCUT2D eigenvalue weighted by molar-refractivity contribution is 5.61. The van der Waals surface area contributed by atoms with Gasteiger partial charge in [0.15, 0.2) is 6.29 Å². The van der Waals surface area contributed by atoms with Crippen LogP contribution in [0.25, 0.3) is 0 Å². The number of hydrogen-bond donors (Lipinski definition) is 1. The summed E-state index contributed by atoms with van der Waals surface area (Å²) in [4.78, 5) is 10.2. The number of rotatable bonds is 2. The Morgan fingerprint density at radius 1 is 1.33 bits per heavy atom. The van der Waals surface area contributed by atoms with E-state index < -0.39 is 0 Å². The van der Waals surface area contributed by atoms with Gasteiger partial charge in [-0.3, -0.25) is 0 Å². The minimum absolute atomic E-state index is 0.0944. The predicted molar refractivity (Wildman–Crippen MR) is 41.8 cm³/mol. The summed E-state index contributed by atoms with van der Waals surface area (Å²) < 4.78 is 5.04. The predicted octanol–water partition coefficient (Wildman–Crippen LogP) is 1.03. The standard InChI is InChI=1S/C9H8O3/c10-5-8-9(12-8)6-1-3-7(11)4-2-6/h1-5,8-9,11H. The van der Waals surface area contributed by atoms with Crippen LogP contribution in [0, 0.1) is 0 Å². The molecule has 12 heavy (non-hydrogen) atoms. The molecule has 1 fully saturated rings. The molecule has 1 saturated heterocycles. The molecule has 0 amide bonds. The monoisotopic (exact) mass is 164 g/mol. The number of aldehydes is 1. The van der Waals surface area contributed by atoms with Gasteiger partial charge >= 0.3 is 0 Å². The summed E-state index contributed by atoms with van der Waals surface area (Å²) in [5.41, 5.74) is 0.935. The largest absolute Gasteiger partial charge is 0.508 e. The fourth-order valence-electron chi connectivity index (χ4n) is 1.16. The van der Waals surface area contributed by atoms with Crippen LogP contribution in [0.5, 0.6) is 5.75 Å². The zero-order valence-electron chi connectivity index (χ0n) is 6.31. The van der Waals surface area contributed by atoms with Crippen molar-refractivity contribution in [3.8, 4) is 5.75 Å². The number of benzene rings is 1. The van der Waals surface area contributed by atoms with Crippen LogP contribution in [0.1, 0.15) is 11.7 Å². The number of carbonyl (C=O) groups is 1. The summed E-state index contributed by atoms with van der Waals surface area (Å²) in [5, 5.41) is 8.97. The van der Waals surface area contributed by atoms with Crippen molar-refractivity contribution in [1.82, 2.24) is 0 Å². The molecule has 62 valence electrons. The first kappa shape index (κ1) is 7.31. The molecule has 1 heterocycles. The van der Waals surface area contributed by atoms with Gasteiger partial charge in [-0.1, -0.05) is 12.1 Å².